The van der Waals surface area contributed by atoms with Gasteiger partial charge >= 0.3 is 0 Å². The molecule has 0 radical (unpaired) electrons. The van der Waals surface area contributed by atoms with Gasteiger partial charge in [0.2, 0.25) is 0 Å². The van der Waals surface area contributed by atoms with E-state index >= 15 is 0 Å². The number of aliphatic hydroxyl groups excluding tert-OH is 1. The zero-order valence-corrected chi connectivity index (χ0v) is 12.5. The van der Waals surface area contributed by atoms with Gasteiger partial charge < -0.3 is 9.84 Å². The van der Waals surface area contributed by atoms with Gasteiger partial charge in [-0.05, 0) is 19.0 Å². The summed E-state index contributed by atoms with van der Waals surface area (Å²) in [6.45, 7) is 9.22. The first kappa shape index (κ1) is 15.1. The van der Waals surface area contributed by atoms with Gasteiger partial charge in [0.1, 0.15) is 6.73 Å². The maximum Gasteiger partial charge on any atom is 0.268 e. The summed E-state index contributed by atoms with van der Waals surface area (Å²) in [4.78, 5) is 11.5. The van der Waals surface area contributed by atoms with Gasteiger partial charge in [0.05, 0.1) is 11.8 Å². The smallest absolute Gasteiger partial charge is 0.268 e. The Hall–Kier alpha value is -0.983. The predicted molar refractivity (Wildman–Crippen MR) is 73.2 cm³/mol. The first-order chi connectivity index (χ1) is 8.29. The van der Waals surface area contributed by atoms with Crippen LogP contribution in [0, 0.1) is 0 Å². The minimum absolute atomic E-state index is 0.143. The van der Waals surface area contributed by atoms with Crippen LogP contribution in [0.4, 0.5) is 0 Å². The fourth-order valence-electron chi connectivity index (χ4n) is 1.31. The van der Waals surface area contributed by atoms with E-state index in [2.05, 4.69) is 24.7 Å². The lowest BCUT2D eigenvalue weighted by molar-refractivity contribution is 0.0727. The number of nitrogens with zero attached hydrogens (tertiary/aromatic N) is 2. The first-order valence-corrected chi connectivity index (χ1v) is 9.84. The number of hydrogen-bond donors (Lipinski definition) is 1. The number of hydrogen-bond acceptors (Lipinski definition) is 4. The van der Waals surface area contributed by atoms with Crippen LogP contribution in [-0.2, 0) is 11.5 Å². The largest absolute Gasteiger partial charge is 0.387 e. The number of rotatable bonds is 6. The van der Waals surface area contributed by atoms with Crippen LogP contribution in [0.1, 0.15) is 18.7 Å². The van der Waals surface area contributed by atoms with Crippen molar-refractivity contribution in [2.75, 3.05) is 6.61 Å². The van der Waals surface area contributed by atoms with Crippen molar-refractivity contribution in [2.45, 2.75) is 45.4 Å². The number of aliphatic hydroxyl groups is 1. The Bertz CT molecular complexity index is 438. The van der Waals surface area contributed by atoms with Crippen LogP contribution in [0.5, 0.6) is 0 Å². The molecule has 0 saturated carbocycles. The maximum atomic E-state index is 11.5. The average Bonchev–Trinajstić information content (AvgIpc) is 2.24. The lowest BCUT2D eigenvalue weighted by Gasteiger charge is -2.15. The van der Waals surface area contributed by atoms with Gasteiger partial charge in [0.25, 0.3) is 5.56 Å². The van der Waals surface area contributed by atoms with Crippen LogP contribution >= 0.6 is 0 Å². The van der Waals surface area contributed by atoms with Gasteiger partial charge in [-0.2, -0.15) is 5.10 Å². The third-order valence-corrected chi connectivity index (χ3v) is 4.23. The van der Waals surface area contributed by atoms with Gasteiger partial charge in [-0.25, -0.2) is 4.68 Å². The van der Waals surface area contributed by atoms with Crippen molar-refractivity contribution in [3.05, 3.63) is 28.2 Å². The van der Waals surface area contributed by atoms with Gasteiger partial charge in [-0.3, -0.25) is 4.79 Å². The molecule has 1 unspecified atom stereocenters. The summed E-state index contributed by atoms with van der Waals surface area (Å²) >= 11 is 0. The van der Waals surface area contributed by atoms with Crippen molar-refractivity contribution in [3.8, 4) is 0 Å². The van der Waals surface area contributed by atoms with E-state index < -0.39 is 14.2 Å². The van der Waals surface area contributed by atoms with Crippen LogP contribution in [0.3, 0.4) is 0 Å². The molecule has 1 aromatic heterocycles. The minimum atomic E-state index is -1.11. The van der Waals surface area contributed by atoms with Crippen molar-refractivity contribution < 1.29 is 9.84 Å². The van der Waals surface area contributed by atoms with Crippen molar-refractivity contribution in [1.82, 2.24) is 9.78 Å². The Morgan fingerprint density at radius 2 is 2.11 bits per heavy atom. The maximum absolute atomic E-state index is 11.5. The van der Waals surface area contributed by atoms with Crippen LogP contribution in [0.15, 0.2) is 16.9 Å². The molecular weight excluding hydrogens is 248 g/mol. The van der Waals surface area contributed by atoms with Gasteiger partial charge in [0.15, 0.2) is 0 Å². The number of aromatic nitrogens is 2. The number of ether oxygens (including phenoxy) is 1. The molecule has 0 aliphatic heterocycles. The highest BCUT2D eigenvalue weighted by Gasteiger charge is 2.12. The summed E-state index contributed by atoms with van der Waals surface area (Å²) in [5.74, 6) is 0. The summed E-state index contributed by atoms with van der Waals surface area (Å²) in [5, 5.41) is 13.5. The zero-order chi connectivity index (χ0) is 13.8. The molecule has 1 atom stereocenters. The van der Waals surface area contributed by atoms with Crippen molar-refractivity contribution in [2.24, 2.45) is 0 Å². The summed E-state index contributed by atoms with van der Waals surface area (Å²) in [7, 11) is -1.11. The fourth-order valence-corrected chi connectivity index (χ4v) is 2.07. The second-order valence-electron chi connectivity index (χ2n) is 5.62. The fraction of sp³-hybridized carbons (Fsp3) is 0.667. The molecule has 6 heteroatoms. The van der Waals surface area contributed by atoms with Gasteiger partial charge in [-0.15, -0.1) is 0 Å². The Balaban J connectivity index is 2.56. The molecule has 5 nitrogen and oxygen atoms in total. The highest BCUT2D eigenvalue weighted by Crippen LogP contribution is 2.08. The third-order valence-electron chi connectivity index (χ3n) is 2.53. The van der Waals surface area contributed by atoms with E-state index in [1.54, 1.807) is 6.92 Å². The molecule has 0 amide bonds. The Kier molecular flexibility index (Phi) is 5.24. The quantitative estimate of drug-likeness (QED) is 0.630. The Morgan fingerprint density at radius 3 is 2.67 bits per heavy atom. The first-order valence-electron chi connectivity index (χ1n) is 6.13. The SMILES string of the molecule is CC(O)c1ccc(=O)n(COCC[Si](C)(C)C)n1. The normalized spacial score (nSPS) is 13.6. The minimum Gasteiger partial charge on any atom is -0.387 e. The van der Waals surface area contributed by atoms with Crippen molar-refractivity contribution >= 4 is 8.07 Å². The third kappa shape index (κ3) is 5.12. The van der Waals surface area contributed by atoms with Crippen molar-refractivity contribution in [1.29, 1.82) is 0 Å². The van der Waals surface area contributed by atoms with E-state index in [0.29, 0.717) is 12.3 Å². The molecule has 102 valence electrons. The molecule has 1 N–H and O–H groups in total. The van der Waals surface area contributed by atoms with Crippen LogP contribution in [-0.4, -0.2) is 29.6 Å². The Labute approximate surface area is 108 Å². The van der Waals surface area contributed by atoms with E-state index in [-0.39, 0.29) is 12.3 Å². The highest BCUT2D eigenvalue weighted by molar-refractivity contribution is 6.76. The summed E-state index contributed by atoms with van der Waals surface area (Å²) in [5.41, 5.74) is 0.260. The van der Waals surface area contributed by atoms with E-state index in [0.717, 1.165) is 6.04 Å². The standard InChI is InChI=1S/C12H22N2O3Si/c1-10(15)11-5-6-12(16)14(13-11)9-17-7-8-18(2,3)4/h5-6,10,15H,7-9H2,1-4H3. The molecule has 1 rings (SSSR count). The lowest BCUT2D eigenvalue weighted by Crippen LogP contribution is -2.26. The van der Waals surface area contributed by atoms with Gasteiger partial charge in [0, 0.05) is 20.7 Å². The molecule has 0 aliphatic rings. The molecule has 18 heavy (non-hydrogen) atoms. The van der Waals surface area contributed by atoms with E-state index in [1.807, 2.05) is 0 Å². The van der Waals surface area contributed by atoms with Crippen molar-refractivity contribution in [3.63, 3.8) is 0 Å². The van der Waals surface area contributed by atoms with E-state index in [1.165, 1.54) is 16.8 Å². The second-order valence-corrected chi connectivity index (χ2v) is 11.2. The second kappa shape index (κ2) is 6.26. The zero-order valence-electron chi connectivity index (χ0n) is 11.5. The Morgan fingerprint density at radius 1 is 1.44 bits per heavy atom. The summed E-state index contributed by atoms with van der Waals surface area (Å²) < 4.78 is 6.71. The summed E-state index contributed by atoms with van der Waals surface area (Å²) in [6, 6.07) is 3.99. The molecule has 1 heterocycles. The monoisotopic (exact) mass is 270 g/mol. The molecule has 0 saturated heterocycles. The van der Waals surface area contributed by atoms with Gasteiger partial charge in [-0.1, -0.05) is 19.6 Å². The molecule has 0 bridgehead atoms. The lowest BCUT2D eigenvalue weighted by atomic mass is 10.3. The predicted octanol–water partition coefficient (Wildman–Crippen LogP) is 1.61. The average molecular weight is 270 g/mol. The molecule has 0 aromatic carbocycles. The molecule has 0 fully saturated rings. The van der Waals surface area contributed by atoms with E-state index in [9.17, 15) is 9.90 Å². The topological polar surface area (TPSA) is 64.3 Å². The van der Waals surface area contributed by atoms with Crippen LogP contribution in [0.2, 0.25) is 25.7 Å². The summed E-state index contributed by atoms with van der Waals surface area (Å²) in [6.07, 6.45) is -0.682. The highest BCUT2D eigenvalue weighted by atomic mass is 28.3. The molecule has 0 spiro atoms. The molecular formula is C12H22N2O3Si. The van der Waals surface area contributed by atoms with Crippen LogP contribution < -0.4 is 5.56 Å². The van der Waals surface area contributed by atoms with Crippen LogP contribution in [0.25, 0.3) is 0 Å². The van der Waals surface area contributed by atoms with E-state index in [4.69, 9.17) is 4.74 Å². The molecule has 1 aromatic rings. The molecule has 0 aliphatic carbocycles.